The lowest BCUT2D eigenvalue weighted by Crippen LogP contribution is -2.45. The maximum atomic E-state index is 14.1. The van der Waals surface area contributed by atoms with Crippen molar-refractivity contribution in [2.45, 2.75) is 19.5 Å². The number of piperazine rings is 1. The minimum absolute atomic E-state index is 0.133. The van der Waals surface area contributed by atoms with E-state index in [1.165, 1.54) is 4.52 Å². The molecule has 0 aliphatic carbocycles. The molecular weight excluding hydrogens is 364 g/mol. The number of nitrogens with zero attached hydrogens (tertiary/aromatic N) is 6. The van der Waals surface area contributed by atoms with Gasteiger partial charge in [-0.3, -0.25) is 0 Å². The van der Waals surface area contributed by atoms with Crippen molar-refractivity contribution < 1.29 is 17.6 Å². The van der Waals surface area contributed by atoms with Gasteiger partial charge in [-0.15, -0.1) is 5.10 Å². The van der Waals surface area contributed by atoms with Crippen molar-refractivity contribution in [3.05, 3.63) is 29.3 Å². The van der Waals surface area contributed by atoms with E-state index in [0.29, 0.717) is 31.3 Å². The van der Waals surface area contributed by atoms with Gasteiger partial charge < -0.3 is 9.80 Å². The first-order chi connectivity index (χ1) is 12.8. The largest absolute Gasteiger partial charge is 0.419 e. The van der Waals surface area contributed by atoms with Gasteiger partial charge in [-0.25, -0.2) is 14.4 Å². The number of likely N-dealkylation sites (N-methyl/N-ethyl adjacent to an activating group) is 1. The van der Waals surface area contributed by atoms with Gasteiger partial charge >= 0.3 is 6.18 Å². The topological polar surface area (TPSA) is 49.6 Å². The van der Waals surface area contributed by atoms with Crippen molar-refractivity contribution in [2.24, 2.45) is 0 Å². The van der Waals surface area contributed by atoms with Gasteiger partial charge in [0.1, 0.15) is 5.82 Å². The van der Waals surface area contributed by atoms with Gasteiger partial charge in [0, 0.05) is 44.1 Å². The second-order valence-electron chi connectivity index (χ2n) is 6.67. The first kappa shape index (κ1) is 17.9. The molecule has 0 radical (unpaired) electrons. The molecule has 0 atom stereocenters. The molecule has 3 heterocycles. The number of aryl methyl sites for hydroxylation is 1. The second-order valence-corrected chi connectivity index (χ2v) is 6.67. The second kappa shape index (κ2) is 6.29. The molecular formula is C17H18F4N6. The maximum Gasteiger partial charge on any atom is 0.419 e. The van der Waals surface area contributed by atoms with Crippen LogP contribution in [0.1, 0.15) is 18.3 Å². The highest BCUT2D eigenvalue weighted by molar-refractivity contribution is 5.93. The molecule has 0 spiro atoms. The monoisotopic (exact) mass is 382 g/mol. The third-order valence-corrected chi connectivity index (χ3v) is 4.79. The molecule has 1 saturated heterocycles. The Bertz CT molecular complexity index is 1000. The first-order valence-electron chi connectivity index (χ1n) is 8.67. The highest BCUT2D eigenvalue weighted by Crippen LogP contribution is 2.35. The lowest BCUT2D eigenvalue weighted by Gasteiger charge is -2.33. The van der Waals surface area contributed by atoms with Crippen LogP contribution in [0.3, 0.4) is 0 Å². The van der Waals surface area contributed by atoms with E-state index < -0.39 is 17.6 Å². The molecule has 1 fully saturated rings. The Hall–Kier alpha value is -2.49. The van der Waals surface area contributed by atoms with Crippen LogP contribution in [0.4, 0.5) is 23.5 Å². The highest BCUT2D eigenvalue weighted by Gasteiger charge is 2.35. The number of hydrogen-bond acceptors (Lipinski definition) is 5. The highest BCUT2D eigenvalue weighted by atomic mass is 19.4. The summed E-state index contributed by atoms with van der Waals surface area (Å²) in [5, 5.41) is 4.54. The molecule has 0 amide bonds. The quantitative estimate of drug-likeness (QED) is 0.638. The van der Waals surface area contributed by atoms with E-state index in [1.807, 2.05) is 18.9 Å². The lowest BCUT2D eigenvalue weighted by molar-refractivity contribution is -0.139. The van der Waals surface area contributed by atoms with Crippen LogP contribution in [0.25, 0.3) is 16.6 Å². The van der Waals surface area contributed by atoms with Gasteiger partial charge in [0.15, 0.2) is 11.5 Å². The number of halogens is 4. The molecule has 1 aromatic carbocycles. The van der Waals surface area contributed by atoms with Gasteiger partial charge in [-0.2, -0.15) is 17.7 Å². The standard InChI is InChI=1S/C17H18F4N6/c1-3-14-23-15-10-8-11(17(19,20)21)12(18)9-13(10)22-16(27(15)24-14)26-6-4-25(2)5-7-26/h8-9H,3-7H2,1-2H3. The molecule has 1 aliphatic rings. The predicted molar refractivity (Wildman–Crippen MR) is 92.3 cm³/mol. The number of benzene rings is 1. The van der Waals surface area contributed by atoms with Crippen LogP contribution >= 0.6 is 0 Å². The zero-order valence-electron chi connectivity index (χ0n) is 14.9. The summed E-state index contributed by atoms with van der Waals surface area (Å²) >= 11 is 0. The third kappa shape index (κ3) is 3.07. The first-order valence-corrected chi connectivity index (χ1v) is 8.67. The Balaban J connectivity index is 1.97. The summed E-state index contributed by atoms with van der Waals surface area (Å²) in [4.78, 5) is 13.0. The number of anilines is 1. The van der Waals surface area contributed by atoms with Crippen LogP contribution in [-0.4, -0.2) is 57.7 Å². The van der Waals surface area contributed by atoms with Crippen LogP contribution in [0.2, 0.25) is 0 Å². The lowest BCUT2D eigenvalue weighted by atomic mass is 10.1. The third-order valence-electron chi connectivity index (χ3n) is 4.79. The number of alkyl halides is 3. The number of rotatable bonds is 2. The summed E-state index contributed by atoms with van der Waals surface area (Å²) in [5.74, 6) is -0.374. The average Bonchev–Trinajstić information content (AvgIpc) is 3.04. The molecule has 0 bridgehead atoms. The van der Waals surface area contributed by atoms with E-state index in [-0.39, 0.29) is 16.6 Å². The molecule has 1 aliphatic heterocycles. The maximum absolute atomic E-state index is 14.1. The van der Waals surface area contributed by atoms with Crippen molar-refractivity contribution >= 4 is 22.5 Å². The minimum atomic E-state index is -4.79. The summed E-state index contributed by atoms with van der Waals surface area (Å²) < 4.78 is 55.0. The van der Waals surface area contributed by atoms with E-state index in [9.17, 15) is 17.6 Å². The normalized spacial score (nSPS) is 16.6. The predicted octanol–water partition coefficient (Wildman–Crippen LogP) is 2.75. The van der Waals surface area contributed by atoms with E-state index in [4.69, 9.17) is 0 Å². The smallest absolute Gasteiger partial charge is 0.338 e. The molecule has 0 saturated carbocycles. The Morgan fingerprint density at radius 2 is 1.78 bits per heavy atom. The van der Waals surface area contributed by atoms with Crippen LogP contribution in [0.15, 0.2) is 12.1 Å². The minimum Gasteiger partial charge on any atom is -0.338 e. The van der Waals surface area contributed by atoms with E-state index in [2.05, 4.69) is 20.0 Å². The summed E-state index contributed by atoms with van der Waals surface area (Å²) in [5.41, 5.74) is -0.930. The zero-order valence-corrected chi connectivity index (χ0v) is 14.9. The van der Waals surface area contributed by atoms with Crippen molar-refractivity contribution in [3.63, 3.8) is 0 Å². The number of hydrogen-bond donors (Lipinski definition) is 0. The van der Waals surface area contributed by atoms with Gasteiger partial charge in [-0.05, 0) is 13.1 Å². The van der Waals surface area contributed by atoms with Crippen molar-refractivity contribution in [2.75, 3.05) is 38.1 Å². The van der Waals surface area contributed by atoms with Crippen LogP contribution in [0, 0.1) is 5.82 Å². The molecule has 144 valence electrons. The number of aromatic nitrogens is 4. The molecule has 0 unspecified atom stereocenters. The summed E-state index contributed by atoms with van der Waals surface area (Å²) in [7, 11) is 2.01. The molecule has 3 aromatic rings. The molecule has 2 aromatic heterocycles. The van der Waals surface area contributed by atoms with Crippen molar-refractivity contribution in [1.29, 1.82) is 0 Å². The SMILES string of the molecule is CCc1nc2c3cc(C(F)(F)F)c(F)cc3nc(N3CCN(C)CC3)n2n1. The van der Waals surface area contributed by atoms with Gasteiger partial charge in [0.2, 0.25) is 5.95 Å². The zero-order chi connectivity index (χ0) is 19.3. The Morgan fingerprint density at radius 1 is 1.07 bits per heavy atom. The van der Waals surface area contributed by atoms with Gasteiger partial charge in [0.25, 0.3) is 0 Å². The summed E-state index contributed by atoms with van der Waals surface area (Å²) in [6, 6.07) is 1.60. The Kier molecular flexibility index (Phi) is 4.17. The van der Waals surface area contributed by atoms with Crippen molar-refractivity contribution in [3.8, 4) is 0 Å². The molecule has 10 heteroatoms. The fourth-order valence-electron chi connectivity index (χ4n) is 3.24. The molecule has 0 N–H and O–H groups in total. The van der Waals surface area contributed by atoms with Crippen molar-refractivity contribution in [1.82, 2.24) is 24.5 Å². The van der Waals surface area contributed by atoms with E-state index >= 15 is 0 Å². The summed E-state index contributed by atoms with van der Waals surface area (Å²) in [6.07, 6.45) is -4.27. The van der Waals surface area contributed by atoms with Gasteiger partial charge in [0.05, 0.1) is 11.1 Å². The average molecular weight is 382 g/mol. The van der Waals surface area contributed by atoms with Gasteiger partial charge in [-0.1, -0.05) is 6.92 Å². The Morgan fingerprint density at radius 3 is 2.41 bits per heavy atom. The van der Waals surface area contributed by atoms with Crippen LogP contribution < -0.4 is 4.90 Å². The molecule has 27 heavy (non-hydrogen) atoms. The van der Waals surface area contributed by atoms with E-state index in [1.54, 1.807) is 0 Å². The van der Waals surface area contributed by atoms with Crippen LogP contribution in [-0.2, 0) is 12.6 Å². The number of fused-ring (bicyclic) bond motifs is 3. The van der Waals surface area contributed by atoms with Crippen LogP contribution in [0.5, 0.6) is 0 Å². The Labute approximate surface area is 152 Å². The fourth-order valence-corrected chi connectivity index (χ4v) is 3.24. The fraction of sp³-hybridized carbons (Fsp3) is 0.471. The summed E-state index contributed by atoms with van der Waals surface area (Å²) in [6.45, 7) is 4.87. The molecule has 4 rings (SSSR count). The van der Waals surface area contributed by atoms with E-state index in [0.717, 1.165) is 25.2 Å². The molecule has 6 nitrogen and oxygen atoms in total.